The fraction of sp³-hybridized carbons (Fsp3) is 0.538. The van der Waals surface area contributed by atoms with Gasteiger partial charge in [-0.2, -0.15) is 0 Å². The molecule has 15 heavy (non-hydrogen) atoms. The molecule has 2 nitrogen and oxygen atoms in total. The van der Waals surface area contributed by atoms with Crippen LogP contribution >= 0.6 is 0 Å². The normalized spacial score (nSPS) is 19.9. The van der Waals surface area contributed by atoms with Crippen molar-refractivity contribution in [3.63, 3.8) is 0 Å². The molecule has 0 amide bonds. The molecule has 1 saturated carbocycles. The van der Waals surface area contributed by atoms with Crippen LogP contribution < -0.4 is 0 Å². The number of aliphatic hydroxyl groups is 1. The van der Waals surface area contributed by atoms with Gasteiger partial charge >= 0.3 is 0 Å². The van der Waals surface area contributed by atoms with E-state index in [1.807, 2.05) is 31.2 Å². The minimum absolute atomic E-state index is 0.0354. The predicted octanol–water partition coefficient (Wildman–Crippen LogP) is 2.45. The first-order valence-corrected chi connectivity index (χ1v) is 5.50. The molecule has 2 atom stereocenters. The Kier molecular flexibility index (Phi) is 3.08. The standard InChI is InChI=1S/C13H18O2/c1-9-4-3-5-11(8-9)12(14)13(15-2)10-6-7-10/h3-5,8,10,12-14H,6-7H2,1-2H3. The maximum absolute atomic E-state index is 10.2. The van der Waals surface area contributed by atoms with Crippen molar-refractivity contribution >= 4 is 0 Å². The smallest absolute Gasteiger partial charge is 0.105 e. The van der Waals surface area contributed by atoms with Crippen LogP contribution in [0.1, 0.15) is 30.1 Å². The molecule has 82 valence electrons. The first-order valence-electron chi connectivity index (χ1n) is 5.50. The monoisotopic (exact) mass is 206 g/mol. The van der Waals surface area contributed by atoms with E-state index >= 15 is 0 Å². The largest absolute Gasteiger partial charge is 0.386 e. The van der Waals surface area contributed by atoms with Crippen LogP contribution in [0.4, 0.5) is 0 Å². The minimum atomic E-state index is -0.484. The van der Waals surface area contributed by atoms with E-state index in [1.165, 1.54) is 18.4 Å². The SMILES string of the molecule is COC(C1CC1)C(O)c1cccc(C)c1. The van der Waals surface area contributed by atoms with Crippen LogP contribution in [0.2, 0.25) is 0 Å². The van der Waals surface area contributed by atoms with E-state index in [1.54, 1.807) is 7.11 Å². The Morgan fingerprint density at radius 2 is 2.13 bits per heavy atom. The lowest BCUT2D eigenvalue weighted by Crippen LogP contribution is -2.23. The summed E-state index contributed by atoms with van der Waals surface area (Å²) in [6, 6.07) is 8.01. The number of ether oxygens (including phenoxy) is 1. The molecule has 2 unspecified atom stereocenters. The molecule has 1 aromatic rings. The van der Waals surface area contributed by atoms with E-state index in [0.717, 1.165) is 5.56 Å². The van der Waals surface area contributed by atoms with Crippen molar-refractivity contribution in [3.05, 3.63) is 35.4 Å². The number of benzene rings is 1. The summed E-state index contributed by atoms with van der Waals surface area (Å²) < 4.78 is 5.38. The van der Waals surface area contributed by atoms with Gasteiger partial charge < -0.3 is 9.84 Å². The highest BCUT2D eigenvalue weighted by atomic mass is 16.5. The van der Waals surface area contributed by atoms with Gasteiger partial charge in [-0.25, -0.2) is 0 Å². The molecule has 0 heterocycles. The number of aryl methyl sites for hydroxylation is 1. The van der Waals surface area contributed by atoms with Gasteiger partial charge in [-0.3, -0.25) is 0 Å². The molecule has 2 heteroatoms. The molecule has 1 aliphatic rings. The van der Waals surface area contributed by atoms with Gasteiger partial charge in [0.15, 0.2) is 0 Å². The van der Waals surface area contributed by atoms with Gasteiger partial charge in [0.2, 0.25) is 0 Å². The molecule has 0 bridgehead atoms. The highest BCUT2D eigenvalue weighted by Gasteiger charge is 2.36. The van der Waals surface area contributed by atoms with Crippen LogP contribution in [0.25, 0.3) is 0 Å². The lowest BCUT2D eigenvalue weighted by molar-refractivity contribution is -0.0259. The molecule has 1 N–H and O–H groups in total. The van der Waals surface area contributed by atoms with Crippen LogP contribution in [0, 0.1) is 12.8 Å². The first kappa shape index (κ1) is 10.7. The summed E-state index contributed by atoms with van der Waals surface area (Å²) in [5.41, 5.74) is 2.14. The summed E-state index contributed by atoms with van der Waals surface area (Å²) in [6.45, 7) is 2.04. The molecule has 2 rings (SSSR count). The van der Waals surface area contributed by atoms with Crippen molar-refractivity contribution < 1.29 is 9.84 Å². The van der Waals surface area contributed by atoms with Gasteiger partial charge in [-0.15, -0.1) is 0 Å². The highest BCUT2D eigenvalue weighted by Crippen LogP contribution is 2.39. The lowest BCUT2D eigenvalue weighted by atomic mass is 9.99. The molecule has 0 aromatic heterocycles. The fourth-order valence-corrected chi connectivity index (χ4v) is 2.05. The average molecular weight is 206 g/mol. The molecular formula is C13H18O2. The van der Waals surface area contributed by atoms with Crippen LogP contribution in [-0.4, -0.2) is 18.3 Å². The van der Waals surface area contributed by atoms with Crippen molar-refractivity contribution in [1.82, 2.24) is 0 Å². The average Bonchev–Trinajstić information content (AvgIpc) is 3.03. The number of rotatable bonds is 4. The van der Waals surface area contributed by atoms with Crippen molar-refractivity contribution in [1.29, 1.82) is 0 Å². The van der Waals surface area contributed by atoms with E-state index in [0.29, 0.717) is 5.92 Å². The Labute approximate surface area is 90.9 Å². The van der Waals surface area contributed by atoms with Crippen LogP contribution in [0.3, 0.4) is 0 Å². The third-order valence-corrected chi connectivity index (χ3v) is 3.05. The Morgan fingerprint density at radius 1 is 1.40 bits per heavy atom. The Hall–Kier alpha value is -0.860. The van der Waals surface area contributed by atoms with Crippen LogP contribution in [0.15, 0.2) is 24.3 Å². The van der Waals surface area contributed by atoms with Crippen LogP contribution in [0.5, 0.6) is 0 Å². The number of aliphatic hydroxyl groups excluding tert-OH is 1. The third kappa shape index (κ3) is 2.39. The van der Waals surface area contributed by atoms with E-state index in [9.17, 15) is 5.11 Å². The lowest BCUT2D eigenvalue weighted by Gasteiger charge is -2.21. The molecule has 1 fully saturated rings. The molecule has 0 saturated heterocycles. The Bertz CT molecular complexity index is 331. The Balaban J connectivity index is 2.14. The summed E-state index contributed by atoms with van der Waals surface area (Å²) in [5.74, 6) is 0.547. The van der Waals surface area contributed by atoms with E-state index in [2.05, 4.69) is 0 Å². The van der Waals surface area contributed by atoms with E-state index in [-0.39, 0.29) is 6.10 Å². The molecule has 0 radical (unpaired) electrons. The van der Waals surface area contributed by atoms with Crippen molar-refractivity contribution in [2.75, 3.05) is 7.11 Å². The first-order chi connectivity index (χ1) is 7.22. The van der Waals surface area contributed by atoms with Crippen LogP contribution in [-0.2, 0) is 4.74 Å². The minimum Gasteiger partial charge on any atom is -0.386 e. The van der Waals surface area contributed by atoms with Crippen molar-refractivity contribution in [3.8, 4) is 0 Å². The summed E-state index contributed by atoms with van der Waals surface area (Å²) >= 11 is 0. The second-order valence-electron chi connectivity index (χ2n) is 4.40. The van der Waals surface area contributed by atoms with E-state index in [4.69, 9.17) is 4.74 Å². The summed E-state index contributed by atoms with van der Waals surface area (Å²) in [7, 11) is 1.68. The fourth-order valence-electron chi connectivity index (χ4n) is 2.05. The van der Waals surface area contributed by atoms with Gasteiger partial charge in [0.1, 0.15) is 6.10 Å². The van der Waals surface area contributed by atoms with E-state index < -0.39 is 6.10 Å². The second kappa shape index (κ2) is 4.33. The quantitative estimate of drug-likeness (QED) is 0.820. The molecular weight excluding hydrogens is 188 g/mol. The third-order valence-electron chi connectivity index (χ3n) is 3.05. The topological polar surface area (TPSA) is 29.5 Å². The molecule has 0 aliphatic heterocycles. The molecule has 1 aromatic carbocycles. The Morgan fingerprint density at radius 3 is 2.67 bits per heavy atom. The molecule has 1 aliphatic carbocycles. The zero-order chi connectivity index (χ0) is 10.8. The highest BCUT2D eigenvalue weighted by molar-refractivity contribution is 5.25. The van der Waals surface area contributed by atoms with Crippen molar-refractivity contribution in [2.24, 2.45) is 5.92 Å². The summed E-state index contributed by atoms with van der Waals surface area (Å²) in [4.78, 5) is 0. The van der Waals surface area contributed by atoms with Gasteiger partial charge in [-0.05, 0) is 31.2 Å². The predicted molar refractivity (Wildman–Crippen MR) is 59.7 cm³/mol. The maximum atomic E-state index is 10.2. The zero-order valence-corrected chi connectivity index (χ0v) is 9.31. The second-order valence-corrected chi connectivity index (χ2v) is 4.40. The summed E-state index contributed by atoms with van der Waals surface area (Å²) in [6.07, 6.45) is 1.84. The van der Waals surface area contributed by atoms with Gasteiger partial charge in [0.25, 0.3) is 0 Å². The number of hydrogen-bond donors (Lipinski definition) is 1. The maximum Gasteiger partial charge on any atom is 0.105 e. The van der Waals surface area contributed by atoms with Crippen molar-refractivity contribution in [2.45, 2.75) is 32.0 Å². The van der Waals surface area contributed by atoms with Gasteiger partial charge in [-0.1, -0.05) is 29.8 Å². The van der Waals surface area contributed by atoms with Gasteiger partial charge in [0, 0.05) is 7.11 Å². The molecule has 0 spiro atoms. The van der Waals surface area contributed by atoms with Gasteiger partial charge in [0.05, 0.1) is 6.10 Å². The summed E-state index contributed by atoms with van der Waals surface area (Å²) in [5, 5.41) is 10.2. The number of methoxy groups -OCH3 is 1. The zero-order valence-electron chi connectivity index (χ0n) is 9.31. The number of hydrogen-bond acceptors (Lipinski definition) is 2.